The van der Waals surface area contributed by atoms with E-state index in [-0.39, 0.29) is 0 Å². The van der Waals surface area contributed by atoms with Gasteiger partial charge >= 0.3 is 0 Å². The molecular weight excluding hydrogens is 122 g/mol. The van der Waals surface area contributed by atoms with Gasteiger partial charge in [0.2, 0.25) is 0 Å². The molecule has 0 heterocycles. The molecule has 0 spiro atoms. The molecule has 1 heteroatoms. The van der Waals surface area contributed by atoms with E-state index in [4.69, 9.17) is 12.2 Å². The molecule has 0 aliphatic heterocycles. The van der Waals surface area contributed by atoms with E-state index in [2.05, 4.69) is 5.92 Å². The Hall–Kier alpha value is -0.480. The molecule has 0 atom stereocenters. The van der Waals surface area contributed by atoms with Gasteiger partial charge in [0.15, 0.2) is 0 Å². The molecule has 0 unspecified atom stereocenters. The monoisotopic (exact) mass is 137 g/mol. The van der Waals surface area contributed by atoms with Crippen LogP contribution in [0.25, 0.3) is 0 Å². The Bertz CT molecular complexity index is 126. The van der Waals surface area contributed by atoms with Gasteiger partial charge < -0.3 is 5.73 Å². The van der Waals surface area contributed by atoms with Gasteiger partial charge in [-0.1, -0.05) is 0 Å². The van der Waals surface area contributed by atoms with Crippen LogP contribution in [0.1, 0.15) is 25.7 Å². The minimum Gasteiger partial charge on any atom is -0.330 e. The Morgan fingerprint density at radius 3 is 2.30 bits per heavy atom. The maximum Gasteiger partial charge on any atom is 0.0200 e. The highest BCUT2D eigenvalue weighted by atomic mass is 14.5. The molecule has 1 saturated carbocycles. The first-order valence-electron chi connectivity index (χ1n) is 4.03. The standard InChI is InChI=1S/C9H15N/c1-2-8-3-5-9(7-10)6-4-8/h1,8-9H,3-7,10H2. The lowest BCUT2D eigenvalue weighted by molar-refractivity contribution is 0.323. The van der Waals surface area contributed by atoms with E-state index in [0.717, 1.165) is 12.5 Å². The Morgan fingerprint density at radius 1 is 1.30 bits per heavy atom. The topological polar surface area (TPSA) is 26.0 Å². The first-order chi connectivity index (χ1) is 4.86. The van der Waals surface area contributed by atoms with E-state index < -0.39 is 0 Å². The second kappa shape index (κ2) is 3.63. The zero-order valence-corrected chi connectivity index (χ0v) is 6.34. The molecule has 1 rings (SSSR count). The quantitative estimate of drug-likeness (QED) is 0.543. The Kier molecular flexibility index (Phi) is 2.77. The van der Waals surface area contributed by atoms with Gasteiger partial charge in [0.25, 0.3) is 0 Å². The molecule has 2 N–H and O–H groups in total. The number of hydrogen-bond acceptors (Lipinski definition) is 1. The smallest absolute Gasteiger partial charge is 0.0200 e. The van der Waals surface area contributed by atoms with Gasteiger partial charge in [0.05, 0.1) is 0 Å². The van der Waals surface area contributed by atoms with E-state index in [0.29, 0.717) is 5.92 Å². The van der Waals surface area contributed by atoms with Crippen molar-refractivity contribution in [2.45, 2.75) is 25.7 Å². The Morgan fingerprint density at radius 2 is 1.90 bits per heavy atom. The van der Waals surface area contributed by atoms with Crippen molar-refractivity contribution < 1.29 is 0 Å². The second-order valence-corrected chi connectivity index (χ2v) is 3.12. The molecular formula is C9H15N. The van der Waals surface area contributed by atoms with Crippen molar-refractivity contribution in [3.63, 3.8) is 0 Å². The number of terminal acetylenes is 1. The molecule has 0 bridgehead atoms. The van der Waals surface area contributed by atoms with Crippen LogP contribution in [0.3, 0.4) is 0 Å². The third-order valence-corrected chi connectivity index (χ3v) is 2.42. The van der Waals surface area contributed by atoms with Gasteiger partial charge in [-0.15, -0.1) is 12.3 Å². The molecule has 10 heavy (non-hydrogen) atoms. The maximum atomic E-state index is 5.54. The predicted octanol–water partition coefficient (Wildman–Crippen LogP) is 1.38. The molecule has 1 fully saturated rings. The third-order valence-electron chi connectivity index (χ3n) is 2.42. The predicted molar refractivity (Wildman–Crippen MR) is 43.3 cm³/mol. The van der Waals surface area contributed by atoms with Crippen LogP contribution < -0.4 is 5.73 Å². The zero-order valence-electron chi connectivity index (χ0n) is 6.34. The van der Waals surface area contributed by atoms with E-state index in [1.54, 1.807) is 0 Å². The van der Waals surface area contributed by atoms with Crippen LogP contribution >= 0.6 is 0 Å². The normalized spacial score (nSPS) is 33.2. The average Bonchev–Trinajstić information content (AvgIpc) is 2.05. The maximum absolute atomic E-state index is 5.54. The Balaban J connectivity index is 2.25. The highest BCUT2D eigenvalue weighted by molar-refractivity contribution is 4.95. The van der Waals surface area contributed by atoms with Crippen LogP contribution in [0.15, 0.2) is 0 Å². The van der Waals surface area contributed by atoms with E-state index >= 15 is 0 Å². The summed E-state index contributed by atoms with van der Waals surface area (Å²) in [5, 5.41) is 0. The number of rotatable bonds is 1. The average molecular weight is 137 g/mol. The van der Waals surface area contributed by atoms with E-state index in [1.165, 1.54) is 25.7 Å². The molecule has 0 amide bonds. The van der Waals surface area contributed by atoms with Crippen LogP contribution in [-0.4, -0.2) is 6.54 Å². The minimum atomic E-state index is 0.544. The third kappa shape index (κ3) is 1.75. The summed E-state index contributed by atoms with van der Waals surface area (Å²) in [4.78, 5) is 0. The first kappa shape index (κ1) is 7.63. The SMILES string of the molecule is C#CC1CCC(CN)CC1. The molecule has 0 radical (unpaired) electrons. The summed E-state index contributed by atoms with van der Waals surface area (Å²) in [7, 11) is 0. The molecule has 0 aromatic heterocycles. The van der Waals surface area contributed by atoms with E-state index in [1.807, 2.05) is 0 Å². The first-order valence-corrected chi connectivity index (χ1v) is 4.03. The van der Waals surface area contributed by atoms with Gasteiger partial charge in [-0.2, -0.15) is 0 Å². The van der Waals surface area contributed by atoms with Crippen molar-refractivity contribution >= 4 is 0 Å². The summed E-state index contributed by atoms with van der Waals surface area (Å²) in [6.45, 7) is 0.845. The van der Waals surface area contributed by atoms with Gasteiger partial charge in [0, 0.05) is 5.92 Å². The molecule has 0 aromatic rings. The lowest BCUT2D eigenvalue weighted by atomic mass is 9.83. The molecule has 1 aliphatic carbocycles. The van der Waals surface area contributed by atoms with Gasteiger partial charge in [-0.3, -0.25) is 0 Å². The fourth-order valence-electron chi connectivity index (χ4n) is 1.56. The van der Waals surface area contributed by atoms with Crippen molar-refractivity contribution in [1.29, 1.82) is 0 Å². The number of hydrogen-bond donors (Lipinski definition) is 1. The van der Waals surface area contributed by atoms with Crippen LogP contribution in [0.5, 0.6) is 0 Å². The molecule has 0 saturated heterocycles. The zero-order chi connectivity index (χ0) is 7.40. The summed E-state index contributed by atoms with van der Waals surface area (Å²) in [6, 6.07) is 0. The fraction of sp³-hybridized carbons (Fsp3) is 0.778. The summed E-state index contributed by atoms with van der Waals surface area (Å²) >= 11 is 0. The molecule has 56 valence electrons. The molecule has 1 nitrogen and oxygen atoms in total. The van der Waals surface area contributed by atoms with Crippen molar-refractivity contribution in [3.8, 4) is 12.3 Å². The van der Waals surface area contributed by atoms with Crippen LogP contribution in [-0.2, 0) is 0 Å². The summed E-state index contributed by atoms with van der Waals surface area (Å²) in [6.07, 6.45) is 10.2. The van der Waals surface area contributed by atoms with Crippen molar-refractivity contribution in [3.05, 3.63) is 0 Å². The highest BCUT2D eigenvalue weighted by Gasteiger charge is 2.17. The lowest BCUT2D eigenvalue weighted by Gasteiger charge is -2.23. The van der Waals surface area contributed by atoms with Crippen molar-refractivity contribution in [2.75, 3.05) is 6.54 Å². The van der Waals surface area contributed by atoms with Crippen molar-refractivity contribution in [2.24, 2.45) is 17.6 Å². The Labute approximate surface area is 63.0 Å². The lowest BCUT2D eigenvalue weighted by Crippen LogP contribution is -2.20. The van der Waals surface area contributed by atoms with E-state index in [9.17, 15) is 0 Å². The van der Waals surface area contributed by atoms with Crippen LogP contribution in [0.2, 0.25) is 0 Å². The highest BCUT2D eigenvalue weighted by Crippen LogP contribution is 2.27. The molecule has 1 aliphatic rings. The largest absolute Gasteiger partial charge is 0.330 e. The fourth-order valence-corrected chi connectivity index (χ4v) is 1.56. The summed E-state index contributed by atoms with van der Waals surface area (Å²) < 4.78 is 0. The number of nitrogens with two attached hydrogens (primary N) is 1. The van der Waals surface area contributed by atoms with Crippen molar-refractivity contribution in [1.82, 2.24) is 0 Å². The molecule has 0 aromatic carbocycles. The van der Waals surface area contributed by atoms with Gasteiger partial charge in [0.1, 0.15) is 0 Å². The summed E-state index contributed by atoms with van der Waals surface area (Å²) in [5.74, 6) is 4.11. The minimum absolute atomic E-state index is 0.544. The van der Waals surface area contributed by atoms with Gasteiger partial charge in [-0.05, 0) is 38.1 Å². The van der Waals surface area contributed by atoms with Gasteiger partial charge in [-0.25, -0.2) is 0 Å². The summed E-state index contributed by atoms with van der Waals surface area (Å²) in [5.41, 5.74) is 5.54. The second-order valence-electron chi connectivity index (χ2n) is 3.12. The van der Waals surface area contributed by atoms with Crippen LogP contribution in [0.4, 0.5) is 0 Å². The van der Waals surface area contributed by atoms with Crippen LogP contribution in [0, 0.1) is 24.2 Å².